The number of anilines is 2. The van der Waals surface area contributed by atoms with Gasteiger partial charge >= 0.3 is 0 Å². The summed E-state index contributed by atoms with van der Waals surface area (Å²) in [7, 11) is -2.39. The van der Waals surface area contributed by atoms with Gasteiger partial charge in [0.1, 0.15) is 5.75 Å². The number of nitrogens with one attached hydrogen (secondary N) is 2. The van der Waals surface area contributed by atoms with Crippen molar-refractivity contribution in [1.82, 2.24) is 0 Å². The third kappa shape index (κ3) is 4.78. The zero-order valence-electron chi connectivity index (χ0n) is 15.8. The van der Waals surface area contributed by atoms with Gasteiger partial charge < -0.3 is 10.1 Å². The number of ether oxygens (including phenoxy) is 1. The second-order valence-electron chi connectivity index (χ2n) is 6.22. The third-order valence-corrected chi connectivity index (χ3v) is 6.21. The van der Waals surface area contributed by atoms with Crippen LogP contribution in [0, 0.1) is 6.92 Å². The predicted molar refractivity (Wildman–Crippen MR) is 117 cm³/mol. The first-order chi connectivity index (χ1) is 13.8. The molecule has 3 rings (SSSR count). The van der Waals surface area contributed by atoms with Crippen LogP contribution in [-0.4, -0.2) is 21.4 Å². The molecule has 0 saturated carbocycles. The van der Waals surface area contributed by atoms with Crippen LogP contribution in [-0.2, 0) is 10.0 Å². The number of amides is 1. The number of para-hydroxylation sites is 3. The van der Waals surface area contributed by atoms with Crippen molar-refractivity contribution in [3.05, 3.63) is 82.3 Å². The molecule has 150 valence electrons. The quantitative estimate of drug-likeness (QED) is 0.536. The SMILES string of the molecule is COc1ccccc1NC(=O)c1ccccc1NS(=O)(=O)c1cc(Br)ccc1C. The lowest BCUT2D eigenvalue weighted by Gasteiger charge is -2.15. The molecule has 3 aromatic rings. The van der Waals surface area contributed by atoms with Crippen molar-refractivity contribution in [2.24, 2.45) is 0 Å². The largest absolute Gasteiger partial charge is 0.495 e. The number of halogens is 1. The van der Waals surface area contributed by atoms with Gasteiger partial charge in [-0.15, -0.1) is 0 Å². The summed E-state index contributed by atoms with van der Waals surface area (Å²) in [5.74, 6) is 0.0439. The minimum Gasteiger partial charge on any atom is -0.495 e. The Morgan fingerprint density at radius 3 is 2.34 bits per heavy atom. The molecule has 0 aromatic heterocycles. The lowest BCUT2D eigenvalue weighted by atomic mass is 10.1. The third-order valence-electron chi connectivity index (χ3n) is 4.21. The summed E-state index contributed by atoms with van der Waals surface area (Å²) >= 11 is 3.29. The van der Waals surface area contributed by atoms with E-state index in [1.54, 1.807) is 67.6 Å². The molecule has 0 spiro atoms. The molecule has 0 bridgehead atoms. The lowest BCUT2D eigenvalue weighted by Crippen LogP contribution is -2.19. The summed E-state index contributed by atoms with van der Waals surface area (Å²) in [5, 5.41) is 2.76. The molecule has 0 aliphatic carbocycles. The summed E-state index contributed by atoms with van der Waals surface area (Å²) in [6.07, 6.45) is 0. The summed E-state index contributed by atoms with van der Waals surface area (Å²) in [6, 6.07) is 18.4. The molecule has 8 heteroatoms. The number of methoxy groups -OCH3 is 1. The maximum atomic E-state index is 12.9. The van der Waals surface area contributed by atoms with Gasteiger partial charge in [0.2, 0.25) is 0 Å². The molecule has 0 unspecified atom stereocenters. The Hall–Kier alpha value is -2.84. The van der Waals surface area contributed by atoms with Crippen molar-refractivity contribution in [1.29, 1.82) is 0 Å². The maximum Gasteiger partial charge on any atom is 0.262 e. The van der Waals surface area contributed by atoms with E-state index in [0.717, 1.165) is 0 Å². The van der Waals surface area contributed by atoms with E-state index >= 15 is 0 Å². The molecule has 0 aliphatic heterocycles. The average molecular weight is 475 g/mol. The highest BCUT2D eigenvalue weighted by molar-refractivity contribution is 9.10. The summed E-state index contributed by atoms with van der Waals surface area (Å²) in [6.45, 7) is 1.71. The van der Waals surface area contributed by atoms with Gasteiger partial charge in [-0.1, -0.05) is 46.3 Å². The number of sulfonamides is 1. The first-order valence-corrected chi connectivity index (χ1v) is 10.9. The monoisotopic (exact) mass is 474 g/mol. The first-order valence-electron chi connectivity index (χ1n) is 8.64. The van der Waals surface area contributed by atoms with Crippen molar-refractivity contribution >= 4 is 43.2 Å². The van der Waals surface area contributed by atoms with Crippen LogP contribution in [0.2, 0.25) is 0 Å². The molecule has 6 nitrogen and oxygen atoms in total. The van der Waals surface area contributed by atoms with Gasteiger partial charge in [0.15, 0.2) is 0 Å². The highest BCUT2D eigenvalue weighted by Gasteiger charge is 2.21. The molecule has 29 heavy (non-hydrogen) atoms. The molecule has 2 N–H and O–H groups in total. The van der Waals surface area contributed by atoms with Crippen LogP contribution in [0.15, 0.2) is 76.1 Å². The minimum absolute atomic E-state index is 0.131. The van der Waals surface area contributed by atoms with Crippen LogP contribution in [0.1, 0.15) is 15.9 Å². The van der Waals surface area contributed by atoms with Crippen molar-refractivity contribution in [2.45, 2.75) is 11.8 Å². The van der Waals surface area contributed by atoms with Crippen molar-refractivity contribution in [2.75, 3.05) is 17.1 Å². The van der Waals surface area contributed by atoms with Crippen molar-refractivity contribution < 1.29 is 17.9 Å². The van der Waals surface area contributed by atoms with Gasteiger partial charge in [-0.2, -0.15) is 0 Å². The zero-order chi connectivity index (χ0) is 21.0. The maximum absolute atomic E-state index is 12.9. The molecular formula is C21H19BrN2O4S. The highest BCUT2D eigenvalue weighted by Crippen LogP contribution is 2.27. The fourth-order valence-electron chi connectivity index (χ4n) is 2.77. The van der Waals surface area contributed by atoms with E-state index in [2.05, 4.69) is 26.0 Å². The van der Waals surface area contributed by atoms with Gasteiger partial charge in [-0.3, -0.25) is 9.52 Å². The minimum atomic E-state index is -3.89. The molecule has 3 aromatic carbocycles. The van der Waals surface area contributed by atoms with Crippen LogP contribution in [0.4, 0.5) is 11.4 Å². The highest BCUT2D eigenvalue weighted by atomic mass is 79.9. The van der Waals surface area contributed by atoms with Crippen molar-refractivity contribution in [3.8, 4) is 5.75 Å². The van der Waals surface area contributed by atoms with Gasteiger partial charge in [-0.25, -0.2) is 8.42 Å². The van der Waals surface area contributed by atoms with Gasteiger partial charge in [0, 0.05) is 4.47 Å². The van der Waals surface area contributed by atoms with Gasteiger partial charge in [0.05, 0.1) is 28.9 Å². The number of rotatable bonds is 6. The first kappa shape index (κ1) is 20.9. The van der Waals surface area contributed by atoms with Crippen LogP contribution in [0.3, 0.4) is 0 Å². The van der Waals surface area contributed by atoms with E-state index < -0.39 is 15.9 Å². The number of aryl methyl sites for hydroxylation is 1. The lowest BCUT2D eigenvalue weighted by molar-refractivity contribution is 0.102. The molecular weight excluding hydrogens is 456 g/mol. The molecule has 0 heterocycles. The normalized spacial score (nSPS) is 11.0. The molecule has 1 amide bonds. The zero-order valence-corrected chi connectivity index (χ0v) is 18.2. The van der Waals surface area contributed by atoms with E-state index in [1.807, 2.05) is 0 Å². The van der Waals surface area contributed by atoms with E-state index in [1.165, 1.54) is 13.2 Å². The summed E-state index contributed by atoms with van der Waals surface area (Å²) in [4.78, 5) is 13.0. The number of hydrogen-bond donors (Lipinski definition) is 2. The fraction of sp³-hybridized carbons (Fsp3) is 0.0952. The number of benzene rings is 3. The Bertz CT molecular complexity index is 1160. The molecule has 0 fully saturated rings. The second-order valence-corrected chi connectivity index (χ2v) is 8.78. The topological polar surface area (TPSA) is 84.5 Å². The fourth-order valence-corrected chi connectivity index (χ4v) is 4.63. The van der Waals surface area contributed by atoms with Gasteiger partial charge in [0.25, 0.3) is 15.9 Å². The Balaban J connectivity index is 1.93. The van der Waals surface area contributed by atoms with Crippen LogP contribution in [0.25, 0.3) is 0 Å². The van der Waals surface area contributed by atoms with Crippen LogP contribution < -0.4 is 14.8 Å². The summed E-state index contributed by atoms with van der Waals surface area (Å²) < 4.78 is 34.3. The van der Waals surface area contributed by atoms with E-state index in [0.29, 0.717) is 21.5 Å². The Morgan fingerprint density at radius 2 is 1.62 bits per heavy atom. The predicted octanol–water partition coefficient (Wildman–Crippen LogP) is 4.82. The van der Waals surface area contributed by atoms with E-state index in [9.17, 15) is 13.2 Å². The van der Waals surface area contributed by atoms with Crippen LogP contribution >= 0.6 is 15.9 Å². The molecule has 0 saturated heterocycles. The van der Waals surface area contributed by atoms with Gasteiger partial charge in [-0.05, 0) is 48.9 Å². The molecule has 0 radical (unpaired) electrons. The molecule has 0 atom stereocenters. The number of carbonyl (C=O) groups excluding carboxylic acids is 1. The summed E-state index contributed by atoms with van der Waals surface area (Å²) in [5.41, 5.74) is 1.45. The average Bonchev–Trinajstić information content (AvgIpc) is 2.70. The number of hydrogen-bond acceptors (Lipinski definition) is 4. The van der Waals surface area contributed by atoms with E-state index in [4.69, 9.17) is 4.74 Å². The molecule has 0 aliphatic rings. The second kappa shape index (κ2) is 8.67. The van der Waals surface area contributed by atoms with E-state index in [-0.39, 0.29) is 16.1 Å². The van der Waals surface area contributed by atoms with Crippen LogP contribution in [0.5, 0.6) is 5.75 Å². The Kier molecular flexibility index (Phi) is 6.24. The smallest absolute Gasteiger partial charge is 0.262 e. The number of carbonyl (C=O) groups is 1. The standard InChI is InChI=1S/C21H19BrN2O4S/c1-14-11-12-15(22)13-20(14)29(26,27)24-17-8-4-3-7-16(17)21(25)23-18-9-5-6-10-19(18)28-2/h3-13,24H,1-2H3,(H,23,25). The Morgan fingerprint density at radius 1 is 0.966 bits per heavy atom. The Labute approximate surface area is 178 Å². The van der Waals surface area contributed by atoms with Crippen molar-refractivity contribution in [3.63, 3.8) is 0 Å².